The van der Waals surface area contributed by atoms with Crippen molar-refractivity contribution in [2.45, 2.75) is 20.0 Å². The van der Waals surface area contributed by atoms with Gasteiger partial charge in [-0.05, 0) is 13.8 Å². The molecule has 1 unspecified atom stereocenters. The minimum absolute atomic E-state index is 0.348. The van der Waals surface area contributed by atoms with Crippen molar-refractivity contribution < 1.29 is 5.11 Å². The molecule has 0 bridgehead atoms. The number of aryl methyl sites for hydroxylation is 1. The van der Waals surface area contributed by atoms with Gasteiger partial charge in [0.15, 0.2) is 0 Å². The monoisotopic (exact) mass is 173 g/mol. The van der Waals surface area contributed by atoms with Crippen LogP contribution >= 0.6 is 11.5 Å². The van der Waals surface area contributed by atoms with Gasteiger partial charge in [-0.2, -0.15) is 4.37 Å². The summed E-state index contributed by atoms with van der Waals surface area (Å²) in [5.41, 5.74) is 0. The van der Waals surface area contributed by atoms with Gasteiger partial charge in [0.05, 0.1) is 6.10 Å². The molecule has 0 fully saturated rings. The Hall–Kier alpha value is -0.680. The number of aromatic nitrogens is 2. The molecule has 5 heteroatoms. The summed E-state index contributed by atoms with van der Waals surface area (Å²) in [6.07, 6.45) is -0.348. The van der Waals surface area contributed by atoms with Crippen LogP contribution in [0.1, 0.15) is 12.7 Å². The molecule has 0 saturated carbocycles. The number of nitrogens with zero attached hydrogens (tertiary/aromatic N) is 2. The van der Waals surface area contributed by atoms with Gasteiger partial charge in [-0.25, -0.2) is 4.98 Å². The Bertz CT molecular complexity index is 223. The van der Waals surface area contributed by atoms with Crippen LogP contribution < -0.4 is 5.32 Å². The fourth-order valence-electron chi connectivity index (χ4n) is 0.604. The van der Waals surface area contributed by atoms with E-state index in [0.717, 1.165) is 11.0 Å². The fraction of sp³-hybridized carbons (Fsp3) is 0.667. The molecule has 0 aliphatic heterocycles. The van der Waals surface area contributed by atoms with E-state index in [0.29, 0.717) is 6.54 Å². The van der Waals surface area contributed by atoms with Crippen LogP contribution in [0.4, 0.5) is 5.13 Å². The Morgan fingerprint density at radius 1 is 1.73 bits per heavy atom. The Kier molecular flexibility index (Phi) is 2.78. The van der Waals surface area contributed by atoms with E-state index in [2.05, 4.69) is 14.7 Å². The highest BCUT2D eigenvalue weighted by molar-refractivity contribution is 7.09. The third-order valence-electron chi connectivity index (χ3n) is 1.08. The van der Waals surface area contributed by atoms with Crippen molar-refractivity contribution in [3.05, 3.63) is 5.82 Å². The zero-order valence-corrected chi connectivity index (χ0v) is 7.35. The number of nitrogens with one attached hydrogen (secondary N) is 1. The topological polar surface area (TPSA) is 58.0 Å². The second-order valence-electron chi connectivity index (χ2n) is 2.38. The molecule has 4 nitrogen and oxygen atoms in total. The lowest BCUT2D eigenvalue weighted by Crippen LogP contribution is -2.14. The number of hydrogen-bond donors (Lipinski definition) is 2. The zero-order chi connectivity index (χ0) is 8.27. The number of aliphatic hydroxyl groups is 1. The second kappa shape index (κ2) is 3.64. The van der Waals surface area contributed by atoms with Crippen LogP contribution in [-0.4, -0.2) is 27.1 Å². The van der Waals surface area contributed by atoms with Gasteiger partial charge in [-0.3, -0.25) is 0 Å². The Labute approximate surface area is 69.5 Å². The minimum atomic E-state index is -0.348. The van der Waals surface area contributed by atoms with E-state index in [1.807, 2.05) is 6.92 Å². The predicted molar refractivity (Wildman–Crippen MR) is 44.8 cm³/mol. The van der Waals surface area contributed by atoms with Gasteiger partial charge in [0.2, 0.25) is 5.13 Å². The Morgan fingerprint density at radius 3 is 2.91 bits per heavy atom. The highest BCUT2D eigenvalue weighted by Crippen LogP contribution is 2.09. The molecule has 1 atom stereocenters. The molecule has 1 aromatic heterocycles. The van der Waals surface area contributed by atoms with E-state index in [-0.39, 0.29) is 6.10 Å². The molecule has 62 valence electrons. The number of hydrogen-bond acceptors (Lipinski definition) is 5. The van der Waals surface area contributed by atoms with Crippen molar-refractivity contribution in [3.8, 4) is 0 Å². The minimum Gasteiger partial charge on any atom is -0.392 e. The van der Waals surface area contributed by atoms with Gasteiger partial charge in [0.25, 0.3) is 0 Å². The first-order valence-electron chi connectivity index (χ1n) is 3.40. The lowest BCUT2D eigenvalue weighted by molar-refractivity contribution is 0.208. The normalized spacial score (nSPS) is 13.0. The van der Waals surface area contributed by atoms with Crippen LogP contribution in [0.2, 0.25) is 0 Å². The van der Waals surface area contributed by atoms with E-state index in [9.17, 15) is 0 Å². The summed E-state index contributed by atoms with van der Waals surface area (Å²) in [6, 6.07) is 0. The Balaban J connectivity index is 2.39. The van der Waals surface area contributed by atoms with Gasteiger partial charge in [0, 0.05) is 18.1 Å². The van der Waals surface area contributed by atoms with Gasteiger partial charge >= 0.3 is 0 Å². The average molecular weight is 173 g/mol. The highest BCUT2D eigenvalue weighted by atomic mass is 32.1. The summed E-state index contributed by atoms with van der Waals surface area (Å²) in [5, 5.41) is 12.6. The van der Waals surface area contributed by atoms with E-state index in [4.69, 9.17) is 5.11 Å². The molecule has 0 saturated heterocycles. The van der Waals surface area contributed by atoms with Crippen molar-refractivity contribution in [1.29, 1.82) is 0 Å². The van der Waals surface area contributed by atoms with Crippen LogP contribution in [0.3, 0.4) is 0 Å². The Morgan fingerprint density at radius 2 is 2.45 bits per heavy atom. The molecule has 0 aliphatic rings. The summed E-state index contributed by atoms with van der Waals surface area (Å²) in [4.78, 5) is 4.07. The molecule has 0 amide bonds. The largest absolute Gasteiger partial charge is 0.392 e. The molecule has 2 N–H and O–H groups in total. The summed E-state index contributed by atoms with van der Waals surface area (Å²) < 4.78 is 3.98. The van der Waals surface area contributed by atoms with Crippen molar-refractivity contribution in [1.82, 2.24) is 9.36 Å². The van der Waals surface area contributed by atoms with E-state index in [1.165, 1.54) is 11.5 Å². The lowest BCUT2D eigenvalue weighted by atomic mass is 10.4. The quantitative estimate of drug-likeness (QED) is 0.704. The molecular formula is C6H11N3OS. The fourth-order valence-corrected chi connectivity index (χ4v) is 1.18. The summed E-state index contributed by atoms with van der Waals surface area (Å²) in [5.74, 6) is 0.767. The van der Waals surface area contributed by atoms with Gasteiger partial charge < -0.3 is 10.4 Å². The average Bonchev–Trinajstić information content (AvgIpc) is 2.31. The number of aliphatic hydroxyl groups excluding tert-OH is 1. The highest BCUT2D eigenvalue weighted by Gasteiger charge is 1.99. The number of rotatable bonds is 3. The SMILES string of the molecule is Cc1nsc(NCC(C)O)n1. The molecule has 1 aromatic rings. The van der Waals surface area contributed by atoms with Crippen LogP contribution in [0.15, 0.2) is 0 Å². The van der Waals surface area contributed by atoms with Crippen LogP contribution in [0.25, 0.3) is 0 Å². The van der Waals surface area contributed by atoms with E-state index in [1.54, 1.807) is 6.92 Å². The third-order valence-corrected chi connectivity index (χ3v) is 1.84. The van der Waals surface area contributed by atoms with Crippen molar-refractivity contribution in [2.75, 3.05) is 11.9 Å². The molecule has 0 radical (unpaired) electrons. The zero-order valence-electron chi connectivity index (χ0n) is 6.53. The lowest BCUT2D eigenvalue weighted by Gasteiger charge is -2.02. The van der Waals surface area contributed by atoms with Crippen LogP contribution in [0.5, 0.6) is 0 Å². The maximum atomic E-state index is 8.91. The van der Waals surface area contributed by atoms with E-state index >= 15 is 0 Å². The first-order valence-corrected chi connectivity index (χ1v) is 4.18. The smallest absolute Gasteiger partial charge is 0.202 e. The third kappa shape index (κ3) is 2.81. The van der Waals surface area contributed by atoms with Crippen molar-refractivity contribution >= 4 is 16.7 Å². The van der Waals surface area contributed by atoms with E-state index < -0.39 is 0 Å². The molecule has 0 aromatic carbocycles. The first-order chi connectivity index (χ1) is 5.18. The molecule has 11 heavy (non-hydrogen) atoms. The van der Waals surface area contributed by atoms with Crippen molar-refractivity contribution in [2.24, 2.45) is 0 Å². The molecular weight excluding hydrogens is 162 g/mol. The van der Waals surface area contributed by atoms with Gasteiger partial charge in [-0.15, -0.1) is 0 Å². The van der Waals surface area contributed by atoms with Crippen molar-refractivity contribution in [3.63, 3.8) is 0 Å². The molecule has 0 spiro atoms. The first kappa shape index (κ1) is 8.42. The van der Waals surface area contributed by atoms with Crippen LogP contribution in [0, 0.1) is 6.92 Å². The summed E-state index contributed by atoms with van der Waals surface area (Å²) in [6.45, 7) is 4.08. The second-order valence-corrected chi connectivity index (χ2v) is 3.13. The predicted octanol–water partition coefficient (Wildman–Crippen LogP) is 0.639. The summed E-state index contributed by atoms with van der Waals surface area (Å²) in [7, 11) is 0. The molecule has 1 rings (SSSR count). The molecule has 0 aliphatic carbocycles. The van der Waals surface area contributed by atoms with Gasteiger partial charge in [-0.1, -0.05) is 0 Å². The van der Waals surface area contributed by atoms with Gasteiger partial charge in [0.1, 0.15) is 5.82 Å². The summed E-state index contributed by atoms with van der Waals surface area (Å²) >= 11 is 1.31. The standard InChI is InChI=1S/C6H11N3OS/c1-4(10)3-7-6-8-5(2)9-11-6/h4,10H,3H2,1-2H3,(H,7,8,9). The van der Waals surface area contributed by atoms with Crippen LogP contribution in [-0.2, 0) is 0 Å². The maximum Gasteiger partial charge on any atom is 0.202 e. The maximum absolute atomic E-state index is 8.91. The number of anilines is 1. The molecule has 1 heterocycles.